The maximum absolute atomic E-state index is 10.8. The Morgan fingerprint density at radius 2 is 2.53 bits per heavy atom. The fourth-order valence-electron chi connectivity index (χ4n) is 1.75. The van der Waals surface area contributed by atoms with Gasteiger partial charge in [0.15, 0.2) is 5.82 Å². The van der Waals surface area contributed by atoms with Crippen LogP contribution in [-0.4, -0.2) is 33.0 Å². The second kappa shape index (κ2) is 3.98. The Labute approximate surface area is 86.9 Å². The first kappa shape index (κ1) is 10.1. The van der Waals surface area contributed by atoms with Gasteiger partial charge in [0.05, 0.1) is 12.5 Å². The van der Waals surface area contributed by atoms with Crippen LogP contribution in [0, 0.1) is 5.92 Å². The Morgan fingerprint density at radius 3 is 3.20 bits per heavy atom. The summed E-state index contributed by atoms with van der Waals surface area (Å²) in [6.07, 6.45) is 1.31. The van der Waals surface area contributed by atoms with E-state index in [2.05, 4.69) is 10.1 Å². The van der Waals surface area contributed by atoms with Crippen LogP contribution in [0.15, 0.2) is 0 Å². The third-order valence-corrected chi connectivity index (χ3v) is 2.52. The minimum absolute atomic E-state index is 0.338. The number of aromatic nitrogens is 3. The summed E-state index contributed by atoms with van der Waals surface area (Å²) in [5.41, 5.74) is 0. The number of nitrogens with zero attached hydrogens (tertiary/aromatic N) is 3. The molecule has 1 unspecified atom stereocenters. The van der Waals surface area contributed by atoms with Crippen LogP contribution >= 0.6 is 0 Å². The molecular formula is C9H13N3O3. The van der Waals surface area contributed by atoms with E-state index in [1.807, 2.05) is 0 Å². The maximum Gasteiger partial charge on any atom is 0.308 e. The predicted octanol–water partition coefficient (Wildman–Crippen LogP) is 0.0715. The zero-order valence-corrected chi connectivity index (χ0v) is 8.51. The summed E-state index contributed by atoms with van der Waals surface area (Å²) in [4.78, 5) is 15.1. The SMILES string of the molecule is COCc1nc2n(n1)CC(C(=O)O)CC2. The molecule has 15 heavy (non-hydrogen) atoms. The number of fused-ring (bicyclic) bond motifs is 1. The van der Waals surface area contributed by atoms with Gasteiger partial charge in [-0.3, -0.25) is 4.79 Å². The second-order valence-corrected chi connectivity index (χ2v) is 3.63. The van der Waals surface area contributed by atoms with Crippen molar-refractivity contribution in [3.05, 3.63) is 11.6 Å². The lowest BCUT2D eigenvalue weighted by Crippen LogP contribution is -2.27. The van der Waals surface area contributed by atoms with E-state index >= 15 is 0 Å². The summed E-state index contributed by atoms with van der Waals surface area (Å²) in [5, 5.41) is 13.1. The Kier molecular flexibility index (Phi) is 2.68. The highest BCUT2D eigenvalue weighted by atomic mass is 16.5. The van der Waals surface area contributed by atoms with Gasteiger partial charge in [-0.15, -0.1) is 0 Å². The number of rotatable bonds is 3. The lowest BCUT2D eigenvalue weighted by atomic mass is 10.0. The third kappa shape index (κ3) is 1.99. The van der Waals surface area contributed by atoms with Crippen LogP contribution in [0.2, 0.25) is 0 Å². The van der Waals surface area contributed by atoms with Crippen LogP contribution in [0.5, 0.6) is 0 Å². The first-order valence-corrected chi connectivity index (χ1v) is 4.85. The molecule has 82 valence electrons. The maximum atomic E-state index is 10.8. The van der Waals surface area contributed by atoms with Crippen LogP contribution in [0.1, 0.15) is 18.1 Å². The Bertz CT molecular complexity index is 375. The van der Waals surface area contributed by atoms with Crippen LogP contribution in [-0.2, 0) is 29.1 Å². The molecule has 2 heterocycles. The lowest BCUT2D eigenvalue weighted by Gasteiger charge is -2.18. The number of ether oxygens (including phenoxy) is 1. The molecule has 1 aromatic heterocycles. The average Bonchev–Trinajstić information content (AvgIpc) is 2.59. The van der Waals surface area contributed by atoms with Crippen LogP contribution in [0.25, 0.3) is 0 Å². The van der Waals surface area contributed by atoms with Crippen LogP contribution < -0.4 is 0 Å². The largest absolute Gasteiger partial charge is 0.481 e. The molecule has 1 aromatic rings. The van der Waals surface area contributed by atoms with Gasteiger partial charge in [-0.25, -0.2) is 9.67 Å². The van der Waals surface area contributed by atoms with E-state index in [0.717, 1.165) is 5.82 Å². The van der Waals surface area contributed by atoms with Gasteiger partial charge in [0.2, 0.25) is 0 Å². The average molecular weight is 211 g/mol. The van der Waals surface area contributed by atoms with Gasteiger partial charge in [-0.05, 0) is 6.42 Å². The molecule has 0 fully saturated rings. The van der Waals surface area contributed by atoms with E-state index in [1.165, 1.54) is 0 Å². The number of carbonyl (C=O) groups is 1. The monoisotopic (exact) mass is 211 g/mol. The summed E-state index contributed by atoms with van der Waals surface area (Å²) in [6, 6.07) is 0. The number of hydrogen-bond donors (Lipinski definition) is 1. The zero-order chi connectivity index (χ0) is 10.8. The van der Waals surface area contributed by atoms with Crippen molar-refractivity contribution in [2.24, 2.45) is 5.92 Å². The van der Waals surface area contributed by atoms with Crippen molar-refractivity contribution in [1.29, 1.82) is 0 Å². The molecule has 1 N–H and O–H groups in total. The Morgan fingerprint density at radius 1 is 1.73 bits per heavy atom. The van der Waals surface area contributed by atoms with Crippen molar-refractivity contribution < 1.29 is 14.6 Å². The van der Waals surface area contributed by atoms with Crippen LogP contribution in [0.4, 0.5) is 0 Å². The molecule has 6 heteroatoms. The van der Waals surface area contributed by atoms with E-state index < -0.39 is 5.97 Å². The summed E-state index contributed by atoms with van der Waals surface area (Å²) in [7, 11) is 1.58. The molecular weight excluding hydrogens is 198 g/mol. The van der Waals surface area contributed by atoms with Gasteiger partial charge in [0, 0.05) is 13.5 Å². The minimum Gasteiger partial charge on any atom is -0.481 e. The van der Waals surface area contributed by atoms with Crippen molar-refractivity contribution in [3.8, 4) is 0 Å². The van der Waals surface area contributed by atoms with E-state index in [-0.39, 0.29) is 5.92 Å². The van der Waals surface area contributed by atoms with Gasteiger partial charge in [-0.2, -0.15) is 5.10 Å². The van der Waals surface area contributed by atoms with E-state index in [4.69, 9.17) is 9.84 Å². The number of methoxy groups -OCH3 is 1. The smallest absolute Gasteiger partial charge is 0.308 e. The Hall–Kier alpha value is -1.43. The van der Waals surface area contributed by atoms with Gasteiger partial charge >= 0.3 is 5.97 Å². The fourth-order valence-corrected chi connectivity index (χ4v) is 1.75. The molecule has 6 nitrogen and oxygen atoms in total. The Balaban J connectivity index is 2.15. The van der Waals surface area contributed by atoms with Crippen LogP contribution in [0.3, 0.4) is 0 Å². The van der Waals surface area contributed by atoms with Crippen molar-refractivity contribution in [2.75, 3.05) is 7.11 Å². The molecule has 1 atom stereocenters. The van der Waals surface area contributed by atoms with Crippen molar-refractivity contribution in [3.63, 3.8) is 0 Å². The van der Waals surface area contributed by atoms with E-state index in [1.54, 1.807) is 11.8 Å². The van der Waals surface area contributed by atoms with Crippen molar-refractivity contribution in [2.45, 2.75) is 26.0 Å². The zero-order valence-electron chi connectivity index (χ0n) is 8.51. The highest BCUT2D eigenvalue weighted by Gasteiger charge is 2.26. The normalized spacial score (nSPS) is 19.9. The predicted molar refractivity (Wildman–Crippen MR) is 50.2 cm³/mol. The number of hydrogen-bond acceptors (Lipinski definition) is 4. The van der Waals surface area contributed by atoms with Crippen molar-refractivity contribution in [1.82, 2.24) is 14.8 Å². The molecule has 1 aliphatic heterocycles. The van der Waals surface area contributed by atoms with Gasteiger partial charge in [0.1, 0.15) is 12.4 Å². The fraction of sp³-hybridized carbons (Fsp3) is 0.667. The molecule has 0 aliphatic carbocycles. The second-order valence-electron chi connectivity index (χ2n) is 3.63. The first-order valence-electron chi connectivity index (χ1n) is 4.85. The number of aryl methyl sites for hydroxylation is 1. The molecule has 0 saturated heterocycles. The first-order chi connectivity index (χ1) is 7.20. The summed E-state index contributed by atoms with van der Waals surface area (Å²) in [6.45, 7) is 0.791. The molecule has 0 bridgehead atoms. The highest BCUT2D eigenvalue weighted by molar-refractivity contribution is 5.70. The molecule has 0 saturated carbocycles. The number of carboxylic acids is 1. The summed E-state index contributed by atoms with van der Waals surface area (Å²) < 4.78 is 6.60. The summed E-state index contributed by atoms with van der Waals surface area (Å²) in [5.74, 6) is 0.386. The molecule has 0 aromatic carbocycles. The molecule has 1 aliphatic rings. The quantitative estimate of drug-likeness (QED) is 0.765. The number of carboxylic acid groups (broad SMARTS) is 1. The topological polar surface area (TPSA) is 77.2 Å². The minimum atomic E-state index is -0.760. The molecule has 0 amide bonds. The van der Waals surface area contributed by atoms with E-state index in [0.29, 0.717) is 31.8 Å². The van der Waals surface area contributed by atoms with Gasteiger partial charge in [-0.1, -0.05) is 0 Å². The molecule has 0 spiro atoms. The van der Waals surface area contributed by atoms with Crippen molar-refractivity contribution >= 4 is 5.97 Å². The molecule has 2 rings (SSSR count). The lowest BCUT2D eigenvalue weighted by molar-refractivity contribution is -0.142. The standard InChI is InChI=1S/C9H13N3O3/c1-15-5-7-10-8-3-2-6(9(13)14)4-12(8)11-7/h6H,2-5H2,1H3,(H,13,14). The van der Waals surface area contributed by atoms with Gasteiger partial charge in [0.25, 0.3) is 0 Å². The molecule has 0 radical (unpaired) electrons. The number of aliphatic carboxylic acids is 1. The third-order valence-electron chi connectivity index (χ3n) is 2.52. The van der Waals surface area contributed by atoms with Gasteiger partial charge < -0.3 is 9.84 Å². The summed E-state index contributed by atoms with van der Waals surface area (Å²) >= 11 is 0. The van der Waals surface area contributed by atoms with E-state index in [9.17, 15) is 4.79 Å². The highest BCUT2D eigenvalue weighted by Crippen LogP contribution is 2.18.